The number of methoxy groups -OCH3 is 1. The molecule has 1 atom stereocenters. The van der Waals surface area contributed by atoms with E-state index in [1.807, 2.05) is 25.1 Å². The fraction of sp³-hybridized carbons (Fsp3) is 0.476. The maximum Gasteiger partial charge on any atom is 0.216 e. The Hall–Kier alpha value is -1.88. The second-order valence-electron chi connectivity index (χ2n) is 7.34. The van der Waals surface area contributed by atoms with Crippen molar-refractivity contribution >= 4 is 9.84 Å². The highest BCUT2D eigenvalue weighted by atomic mass is 32.2. The molecule has 140 valence electrons. The summed E-state index contributed by atoms with van der Waals surface area (Å²) in [5.41, 5.74) is 3.12. The number of pyridine rings is 1. The van der Waals surface area contributed by atoms with Gasteiger partial charge in [0, 0.05) is 17.7 Å². The summed E-state index contributed by atoms with van der Waals surface area (Å²) < 4.78 is 28.9. The molecule has 1 unspecified atom stereocenters. The van der Waals surface area contributed by atoms with E-state index in [2.05, 4.69) is 6.07 Å². The first-order chi connectivity index (χ1) is 12.4. The highest BCUT2D eigenvalue weighted by Gasteiger charge is 2.24. The average molecular weight is 374 g/mol. The van der Waals surface area contributed by atoms with Crippen LogP contribution in [0, 0.1) is 12.8 Å². The number of nitrogens with zero attached hydrogens (tertiary/aromatic N) is 1. The number of rotatable bonds is 6. The molecule has 1 saturated carbocycles. The van der Waals surface area contributed by atoms with E-state index >= 15 is 0 Å². The molecule has 1 heterocycles. The minimum Gasteiger partial charge on any atom is -0.481 e. The van der Waals surface area contributed by atoms with Crippen LogP contribution in [0.5, 0.6) is 5.88 Å². The Morgan fingerprint density at radius 3 is 2.35 bits per heavy atom. The third-order valence-corrected chi connectivity index (χ3v) is 6.51. The Morgan fingerprint density at radius 2 is 1.77 bits per heavy atom. The molecule has 0 amide bonds. The molecule has 0 saturated heterocycles. The van der Waals surface area contributed by atoms with Gasteiger partial charge in [0.1, 0.15) is 0 Å². The molecule has 1 aliphatic carbocycles. The van der Waals surface area contributed by atoms with E-state index in [0.717, 1.165) is 23.2 Å². The number of benzene rings is 1. The van der Waals surface area contributed by atoms with Crippen molar-refractivity contribution < 1.29 is 13.2 Å². The summed E-state index contributed by atoms with van der Waals surface area (Å²) >= 11 is 0. The SMILES string of the molecule is COc1nc(C(CC2CCCC2)c2ccc(S(C)(=O)=O)cc2)ccc1C. The van der Waals surface area contributed by atoms with Gasteiger partial charge in [0.05, 0.1) is 17.7 Å². The molecule has 0 N–H and O–H groups in total. The van der Waals surface area contributed by atoms with Gasteiger partial charge < -0.3 is 4.74 Å². The lowest BCUT2D eigenvalue weighted by Crippen LogP contribution is -2.10. The van der Waals surface area contributed by atoms with Crippen molar-refractivity contribution in [1.29, 1.82) is 0 Å². The predicted molar refractivity (Wildman–Crippen MR) is 103 cm³/mol. The van der Waals surface area contributed by atoms with Crippen LogP contribution in [-0.2, 0) is 9.84 Å². The highest BCUT2D eigenvalue weighted by Crippen LogP contribution is 2.38. The molecule has 4 nitrogen and oxygen atoms in total. The van der Waals surface area contributed by atoms with Gasteiger partial charge in [-0.2, -0.15) is 0 Å². The van der Waals surface area contributed by atoms with Crippen LogP contribution in [0.15, 0.2) is 41.3 Å². The molecule has 0 aliphatic heterocycles. The zero-order valence-electron chi connectivity index (χ0n) is 15.7. The zero-order chi connectivity index (χ0) is 18.7. The van der Waals surface area contributed by atoms with Crippen LogP contribution in [0.1, 0.15) is 54.8 Å². The topological polar surface area (TPSA) is 56.3 Å². The molecule has 5 heteroatoms. The molecule has 3 rings (SSSR count). The van der Waals surface area contributed by atoms with Gasteiger partial charge in [0.2, 0.25) is 5.88 Å². The van der Waals surface area contributed by atoms with Gasteiger partial charge in [-0.05, 0) is 43.0 Å². The molecule has 0 radical (unpaired) electrons. The maximum atomic E-state index is 11.8. The van der Waals surface area contributed by atoms with Crippen molar-refractivity contribution in [2.45, 2.75) is 49.8 Å². The van der Waals surface area contributed by atoms with Gasteiger partial charge in [-0.3, -0.25) is 0 Å². The van der Waals surface area contributed by atoms with Gasteiger partial charge >= 0.3 is 0 Å². The van der Waals surface area contributed by atoms with Crippen molar-refractivity contribution in [3.63, 3.8) is 0 Å². The van der Waals surface area contributed by atoms with Crippen LogP contribution in [0.25, 0.3) is 0 Å². The third kappa shape index (κ3) is 4.26. The molecular weight excluding hydrogens is 346 g/mol. The lowest BCUT2D eigenvalue weighted by molar-refractivity contribution is 0.390. The summed E-state index contributed by atoms with van der Waals surface area (Å²) in [5.74, 6) is 1.51. The number of sulfone groups is 1. The summed E-state index contributed by atoms with van der Waals surface area (Å²) in [6.07, 6.45) is 7.41. The van der Waals surface area contributed by atoms with Gasteiger partial charge in [-0.1, -0.05) is 43.9 Å². The number of aromatic nitrogens is 1. The van der Waals surface area contributed by atoms with Gasteiger partial charge in [-0.15, -0.1) is 0 Å². The van der Waals surface area contributed by atoms with Crippen LogP contribution in [0.3, 0.4) is 0 Å². The van der Waals surface area contributed by atoms with E-state index in [1.54, 1.807) is 19.2 Å². The largest absolute Gasteiger partial charge is 0.481 e. The summed E-state index contributed by atoms with van der Waals surface area (Å²) in [6.45, 7) is 1.99. The first kappa shape index (κ1) is 18.9. The Balaban J connectivity index is 1.97. The summed E-state index contributed by atoms with van der Waals surface area (Å²) in [5, 5.41) is 0. The number of aryl methyl sites for hydroxylation is 1. The lowest BCUT2D eigenvalue weighted by Gasteiger charge is -2.22. The number of hydrogen-bond donors (Lipinski definition) is 0. The third-order valence-electron chi connectivity index (χ3n) is 5.38. The van der Waals surface area contributed by atoms with E-state index in [0.29, 0.717) is 16.7 Å². The summed E-state index contributed by atoms with van der Waals surface area (Å²) in [7, 11) is -1.54. The lowest BCUT2D eigenvalue weighted by atomic mass is 9.85. The Kier molecular flexibility index (Phi) is 5.66. The van der Waals surface area contributed by atoms with Gasteiger partial charge in [0.15, 0.2) is 9.84 Å². The summed E-state index contributed by atoms with van der Waals surface area (Å²) in [4.78, 5) is 5.10. The monoisotopic (exact) mass is 373 g/mol. The quantitative estimate of drug-likeness (QED) is 0.747. The molecule has 26 heavy (non-hydrogen) atoms. The Morgan fingerprint density at radius 1 is 1.12 bits per heavy atom. The van der Waals surface area contributed by atoms with E-state index in [-0.39, 0.29) is 5.92 Å². The van der Waals surface area contributed by atoms with E-state index in [4.69, 9.17) is 9.72 Å². The molecule has 1 aromatic carbocycles. The number of hydrogen-bond acceptors (Lipinski definition) is 4. The second kappa shape index (κ2) is 7.78. The minimum absolute atomic E-state index is 0.154. The van der Waals surface area contributed by atoms with E-state index in [1.165, 1.54) is 31.9 Å². The second-order valence-corrected chi connectivity index (χ2v) is 9.36. The van der Waals surface area contributed by atoms with Crippen LogP contribution in [0.4, 0.5) is 0 Å². The molecule has 1 aliphatic rings. The normalized spacial score (nSPS) is 16.6. The van der Waals surface area contributed by atoms with Gasteiger partial charge in [0.25, 0.3) is 0 Å². The van der Waals surface area contributed by atoms with Crippen molar-refractivity contribution in [1.82, 2.24) is 4.98 Å². The predicted octanol–water partition coefficient (Wildman–Crippen LogP) is 4.51. The van der Waals surface area contributed by atoms with Crippen molar-refractivity contribution in [2.24, 2.45) is 5.92 Å². The van der Waals surface area contributed by atoms with Crippen LogP contribution in [0.2, 0.25) is 0 Å². The standard InChI is InChI=1S/C21H27NO3S/c1-15-8-13-20(22-21(15)25-2)19(14-16-6-4-5-7-16)17-9-11-18(12-10-17)26(3,23)24/h8-13,16,19H,4-7,14H2,1-3H3. The van der Waals surface area contributed by atoms with Crippen molar-refractivity contribution in [2.75, 3.05) is 13.4 Å². The Bertz CT molecular complexity index is 853. The van der Waals surface area contributed by atoms with E-state index in [9.17, 15) is 8.42 Å². The summed E-state index contributed by atoms with van der Waals surface area (Å²) in [6, 6.07) is 11.4. The molecular formula is C21H27NO3S. The Labute approximate surface area is 156 Å². The van der Waals surface area contributed by atoms with Crippen LogP contribution >= 0.6 is 0 Å². The maximum absolute atomic E-state index is 11.8. The van der Waals surface area contributed by atoms with Crippen molar-refractivity contribution in [3.8, 4) is 5.88 Å². The smallest absolute Gasteiger partial charge is 0.216 e. The minimum atomic E-state index is -3.18. The van der Waals surface area contributed by atoms with Crippen molar-refractivity contribution in [3.05, 3.63) is 53.2 Å². The molecule has 2 aromatic rings. The van der Waals surface area contributed by atoms with E-state index < -0.39 is 9.84 Å². The average Bonchev–Trinajstić information content (AvgIpc) is 3.13. The molecule has 0 bridgehead atoms. The first-order valence-electron chi connectivity index (χ1n) is 9.20. The molecule has 1 fully saturated rings. The zero-order valence-corrected chi connectivity index (χ0v) is 16.6. The molecule has 1 aromatic heterocycles. The highest BCUT2D eigenvalue weighted by molar-refractivity contribution is 7.90. The van der Waals surface area contributed by atoms with Gasteiger partial charge in [-0.25, -0.2) is 13.4 Å². The first-order valence-corrected chi connectivity index (χ1v) is 11.1. The number of ether oxygens (including phenoxy) is 1. The fourth-order valence-corrected chi connectivity index (χ4v) is 4.51. The van der Waals surface area contributed by atoms with Crippen LogP contribution < -0.4 is 4.74 Å². The van der Waals surface area contributed by atoms with Crippen LogP contribution in [-0.4, -0.2) is 26.8 Å². The fourth-order valence-electron chi connectivity index (χ4n) is 3.88. The molecule has 0 spiro atoms.